The summed E-state index contributed by atoms with van der Waals surface area (Å²) in [6.45, 7) is 8.49. The summed E-state index contributed by atoms with van der Waals surface area (Å²) in [5.41, 5.74) is 3.28. The van der Waals surface area contributed by atoms with Crippen LogP contribution in [-0.4, -0.2) is 25.6 Å². The molecule has 1 N–H and O–H groups in total. The van der Waals surface area contributed by atoms with E-state index in [1.807, 2.05) is 58.0 Å². The summed E-state index contributed by atoms with van der Waals surface area (Å²) < 4.78 is 13.0. The van der Waals surface area contributed by atoms with Crippen LogP contribution >= 0.6 is 0 Å². The van der Waals surface area contributed by atoms with Gasteiger partial charge in [0.2, 0.25) is 11.7 Å². The summed E-state index contributed by atoms with van der Waals surface area (Å²) in [6, 6.07) is 8.87. The Morgan fingerprint density at radius 3 is 2.65 bits per heavy atom. The van der Waals surface area contributed by atoms with Gasteiger partial charge in [0, 0.05) is 29.3 Å². The van der Waals surface area contributed by atoms with Gasteiger partial charge < -0.3 is 18.8 Å². The summed E-state index contributed by atoms with van der Waals surface area (Å²) in [7, 11) is 0. The molecule has 8 nitrogen and oxygen atoms in total. The van der Waals surface area contributed by atoms with Crippen molar-refractivity contribution >= 4 is 5.91 Å². The van der Waals surface area contributed by atoms with Crippen molar-refractivity contribution in [1.82, 2.24) is 25.0 Å². The first-order valence-corrected chi connectivity index (χ1v) is 10.2. The van der Waals surface area contributed by atoms with E-state index in [9.17, 15) is 4.79 Å². The lowest BCUT2D eigenvalue weighted by molar-refractivity contribution is 0.0913. The molecule has 1 amide bonds. The molecule has 4 rings (SSSR count). The van der Waals surface area contributed by atoms with E-state index in [-0.39, 0.29) is 11.8 Å². The molecule has 1 unspecified atom stereocenters. The van der Waals surface area contributed by atoms with Crippen LogP contribution in [0.15, 0.2) is 57.9 Å². The lowest BCUT2D eigenvalue weighted by Gasteiger charge is -2.18. The molecule has 8 heteroatoms. The SMILES string of the molecule is Cc1cc(C(=O)NC(c2nc(-c3ccncc3)no2)C(C)C)c(C)n1Cc1ccco1. The van der Waals surface area contributed by atoms with Gasteiger partial charge in [-0.1, -0.05) is 19.0 Å². The Hall–Kier alpha value is -3.68. The predicted molar refractivity (Wildman–Crippen MR) is 114 cm³/mol. The monoisotopic (exact) mass is 419 g/mol. The third-order valence-electron chi connectivity index (χ3n) is 5.31. The number of aromatic nitrogens is 4. The number of hydrogen-bond acceptors (Lipinski definition) is 6. The molecule has 4 aromatic rings. The standard InChI is InChI=1S/C23H25N5O3/c1-14(2)20(23-26-21(27-31-23)17-7-9-24-10-8-17)25-22(29)19-12-15(3)28(16(19)4)13-18-6-5-11-30-18/h5-12,14,20H,13H2,1-4H3,(H,25,29). The predicted octanol–water partition coefficient (Wildman–Crippen LogP) is 4.32. The van der Waals surface area contributed by atoms with E-state index in [1.165, 1.54) is 0 Å². The van der Waals surface area contributed by atoms with Crippen molar-refractivity contribution in [3.05, 3.63) is 77.6 Å². The van der Waals surface area contributed by atoms with E-state index >= 15 is 0 Å². The molecule has 4 aromatic heterocycles. The molecular formula is C23H25N5O3. The minimum atomic E-state index is -0.413. The molecule has 0 saturated carbocycles. The van der Waals surface area contributed by atoms with Gasteiger partial charge in [-0.25, -0.2) is 0 Å². The topological polar surface area (TPSA) is 99.0 Å². The second kappa shape index (κ2) is 8.59. The fourth-order valence-electron chi connectivity index (χ4n) is 3.55. The van der Waals surface area contributed by atoms with Crippen molar-refractivity contribution in [3.8, 4) is 11.4 Å². The highest BCUT2D eigenvalue weighted by molar-refractivity contribution is 5.96. The normalized spacial score (nSPS) is 12.3. The largest absolute Gasteiger partial charge is 0.467 e. The molecule has 0 aromatic carbocycles. The molecular weight excluding hydrogens is 394 g/mol. The fourth-order valence-corrected chi connectivity index (χ4v) is 3.55. The van der Waals surface area contributed by atoms with Gasteiger partial charge in [0.15, 0.2) is 0 Å². The van der Waals surface area contributed by atoms with Crippen LogP contribution < -0.4 is 5.32 Å². The highest BCUT2D eigenvalue weighted by atomic mass is 16.5. The van der Waals surface area contributed by atoms with Gasteiger partial charge in [0.1, 0.15) is 11.8 Å². The third kappa shape index (κ3) is 4.28. The number of nitrogens with one attached hydrogen (secondary N) is 1. The highest BCUT2D eigenvalue weighted by Crippen LogP contribution is 2.25. The molecule has 0 aliphatic rings. The number of carbonyl (C=O) groups excluding carboxylic acids is 1. The maximum Gasteiger partial charge on any atom is 0.253 e. The summed E-state index contributed by atoms with van der Waals surface area (Å²) >= 11 is 0. The average Bonchev–Trinajstić information content (AvgIpc) is 3.50. The molecule has 4 heterocycles. The highest BCUT2D eigenvalue weighted by Gasteiger charge is 2.27. The summed E-state index contributed by atoms with van der Waals surface area (Å²) in [5.74, 6) is 1.55. The summed E-state index contributed by atoms with van der Waals surface area (Å²) in [6.07, 6.45) is 4.99. The lowest BCUT2D eigenvalue weighted by Crippen LogP contribution is -2.32. The van der Waals surface area contributed by atoms with Gasteiger partial charge in [-0.2, -0.15) is 4.98 Å². The first-order chi connectivity index (χ1) is 14.9. The van der Waals surface area contributed by atoms with E-state index in [4.69, 9.17) is 8.94 Å². The first kappa shape index (κ1) is 20.6. The zero-order chi connectivity index (χ0) is 22.0. The molecule has 0 aliphatic carbocycles. The van der Waals surface area contributed by atoms with Crippen molar-refractivity contribution in [3.63, 3.8) is 0 Å². The zero-order valence-corrected chi connectivity index (χ0v) is 18.0. The molecule has 160 valence electrons. The van der Waals surface area contributed by atoms with Crippen LogP contribution in [-0.2, 0) is 6.54 Å². The van der Waals surface area contributed by atoms with Crippen molar-refractivity contribution < 1.29 is 13.7 Å². The minimum absolute atomic E-state index is 0.0568. The van der Waals surface area contributed by atoms with E-state index < -0.39 is 6.04 Å². The van der Waals surface area contributed by atoms with Gasteiger partial charge in [0.05, 0.1) is 18.4 Å². The first-order valence-electron chi connectivity index (χ1n) is 10.2. The van der Waals surface area contributed by atoms with Crippen molar-refractivity contribution in [2.75, 3.05) is 0 Å². The average molecular weight is 419 g/mol. The Morgan fingerprint density at radius 1 is 1.19 bits per heavy atom. The number of pyridine rings is 1. The Morgan fingerprint density at radius 2 is 1.97 bits per heavy atom. The van der Waals surface area contributed by atoms with Crippen LogP contribution in [0.5, 0.6) is 0 Å². The van der Waals surface area contributed by atoms with Crippen molar-refractivity contribution in [2.24, 2.45) is 5.92 Å². The number of amides is 1. The van der Waals surface area contributed by atoms with Crippen LogP contribution in [0.4, 0.5) is 0 Å². The van der Waals surface area contributed by atoms with Gasteiger partial charge in [-0.05, 0) is 50.1 Å². The molecule has 0 aliphatic heterocycles. The van der Waals surface area contributed by atoms with Gasteiger partial charge in [-0.15, -0.1) is 0 Å². The number of hydrogen-bond donors (Lipinski definition) is 1. The van der Waals surface area contributed by atoms with E-state index in [1.54, 1.807) is 18.7 Å². The fraction of sp³-hybridized carbons (Fsp3) is 0.304. The second-order valence-electron chi connectivity index (χ2n) is 7.84. The van der Waals surface area contributed by atoms with Crippen LogP contribution in [0.25, 0.3) is 11.4 Å². The molecule has 31 heavy (non-hydrogen) atoms. The quantitative estimate of drug-likeness (QED) is 0.479. The van der Waals surface area contributed by atoms with Gasteiger partial charge >= 0.3 is 0 Å². The van der Waals surface area contributed by atoms with Gasteiger partial charge in [-0.3, -0.25) is 9.78 Å². The Labute approximate surface area is 180 Å². The second-order valence-corrected chi connectivity index (χ2v) is 7.84. The van der Waals surface area contributed by atoms with Crippen LogP contribution in [0, 0.1) is 19.8 Å². The van der Waals surface area contributed by atoms with E-state index in [0.717, 1.165) is 22.7 Å². The van der Waals surface area contributed by atoms with Crippen LogP contribution in [0.2, 0.25) is 0 Å². The van der Waals surface area contributed by atoms with Crippen LogP contribution in [0.3, 0.4) is 0 Å². The van der Waals surface area contributed by atoms with Crippen molar-refractivity contribution in [1.29, 1.82) is 0 Å². The molecule has 0 fully saturated rings. The Bertz CT molecular complexity index is 1160. The molecule has 0 spiro atoms. The minimum Gasteiger partial charge on any atom is -0.467 e. The Kier molecular flexibility index (Phi) is 5.70. The maximum absolute atomic E-state index is 13.2. The van der Waals surface area contributed by atoms with E-state index in [2.05, 4.69) is 25.0 Å². The summed E-state index contributed by atoms with van der Waals surface area (Å²) in [5, 5.41) is 7.14. The molecule has 0 bridgehead atoms. The lowest BCUT2D eigenvalue weighted by atomic mass is 10.0. The number of aryl methyl sites for hydroxylation is 1. The van der Waals surface area contributed by atoms with Crippen molar-refractivity contribution in [2.45, 2.75) is 40.3 Å². The maximum atomic E-state index is 13.2. The van der Waals surface area contributed by atoms with Gasteiger partial charge in [0.25, 0.3) is 5.91 Å². The van der Waals surface area contributed by atoms with E-state index in [0.29, 0.717) is 23.8 Å². The molecule has 0 saturated heterocycles. The smallest absolute Gasteiger partial charge is 0.253 e. The zero-order valence-electron chi connectivity index (χ0n) is 18.0. The number of furan rings is 1. The summed E-state index contributed by atoms with van der Waals surface area (Å²) in [4.78, 5) is 21.7. The molecule has 0 radical (unpaired) electrons. The third-order valence-corrected chi connectivity index (χ3v) is 5.31. The molecule has 1 atom stereocenters. The van der Waals surface area contributed by atoms with Crippen LogP contribution in [0.1, 0.15) is 53.3 Å². The number of nitrogens with zero attached hydrogens (tertiary/aromatic N) is 4. The Balaban J connectivity index is 1.56. The number of rotatable bonds is 7. The number of carbonyl (C=O) groups is 1.